The fraction of sp³-hybridized carbons (Fsp3) is 0.429. The summed E-state index contributed by atoms with van der Waals surface area (Å²) >= 11 is 6.26. The summed E-state index contributed by atoms with van der Waals surface area (Å²) in [5.74, 6) is 0.820. The van der Waals surface area contributed by atoms with Crippen LogP contribution in [0, 0.1) is 0 Å². The summed E-state index contributed by atoms with van der Waals surface area (Å²) in [7, 11) is 1.49. The number of benzene rings is 1. The van der Waals surface area contributed by atoms with Crippen LogP contribution in [0.4, 0.5) is 5.69 Å². The monoisotopic (exact) mass is 336 g/mol. The standard InChI is InChI=1S/C14H17ClN6O2/c1-23-7-11(16)14(22)17-9-4-5-10(15)12(6-9)21-13(8-2-3-8)18-19-20-21/h4-6,8,11H,2-3,7,16H2,1H3,(H,17,22). The Balaban J connectivity index is 1.84. The number of nitrogens with zero attached hydrogens (tertiary/aromatic N) is 4. The van der Waals surface area contributed by atoms with Crippen LogP contribution in [0.2, 0.25) is 5.02 Å². The molecule has 1 aromatic carbocycles. The zero-order valence-electron chi connectivity index (χ0n) is 12.6. The summed E-state index contributed by atoms with van der Waals surface area (Å²) in [6.07, 6.45) is 2.14. The highest BCUT2D eigenvalue weighted by Gasteiger charge is 2.30. The highest BCUT2D eigenvalue weighted by Crippen LogP contribution is 2.39. The molecule has 9 heteroatoms. The van der Waals surface area contributed by atoms with Crippen molar-refractivity contribution in [3.63, 3.8) is 0 Å². The molecule has 0 bridgehead atoms. The molecule has 1 aromatic heterocycles. The van der Waals surface area contributed by atoms with Gasteiger partial charge in [-0.3, -0.25) is 4.79 Å². The molecule has 0 saturated heterocycles. The van der Waals surface area contributed by atoms with Crippen LogP contribution in [-0.4, -0.2) is 45.9 Å². The number of nitrogens with one attached hydrogen (secondary N) is 1. The van der Waals surface area contributed by atoms with Crippen LogP contribution in [0.3, 0.4) is 0 Å². The number of carbonyl (C=O) groups excluding carboxylic acids is 1. The molecule has 1 aliphatic rings. The van der Waals surface area contributed by atoms with Gasteiger partial charge in [0.25, 0.3) is 0 Å². The first-order valence-electron chi connectivity index (χ1n) is 7.23. The van der Waals surface area contributed by atoms with Crippen molar-refractivity contribution in [1.29, 1.82) is 0 Å². The highest BCUT2D eigenvalue weighted by molar-refractivity contribution is 6.32. The van der Waals surface area contributed by atoms with Gasteiger partial charge in [0.15, 0.2) is 5.82 Å². The van der Waals surface area contributed by atoms with Gasteiger partial charge in [0.2, 0.25) is 5.91 Å². The van der Waals surface area contributed by atoms with E-state index in [2.05, 4.69) is 20.8 Å². The molecule has 0 spiro atoms. The largest absolute Gasteiger partial charge is 0.383 e. The van der Waals surface area contributed by atoms with E-state index in [4.69, 9.17) is 22.1 Å². The van der Waals surface area contributed by atoms with Crippen LogP contribution in [0.5, 0.6) is 0 Å². The Labute approximate surface area is 137 Å². The number of anilines is 1. The van der Waals surface area contributed by atoms with Gasteiger partial charge in [0.1, 0.15) is 6.04 Å². The van der Waals surface area contributed by atoms with Crippen molar-refractivity contribution in [3.8, 4) is 5.69 Å². The number of methoxy groups -OCH3 is 1. The third kappa shape index (κ3) is 3.49. The maximum Gasteiger partial charge on any atom is 0.243 e. The van der Waals surface area contributed by atoms with E-state index in [1.165, 1.54) is 7.11 Å². The lowest BCUT2D eigenvalue weighted by Crippen LogP contribution is -2.39. The normalized spacial score (nSPS) is 15.4. The molecule has 0 aliphatic heterocycles. The minimum absolute atomic E-state index is 0.144. The van der Waals surface area contributed by atoms with Gasteiger partial charge < -0.3 is 15.8 Å². The van der Waals surface area contributed by atoms with Gasteiger partial charge in [-0.25, -0.2) is 0 Å². The number of ether oxygens (including phenoxy) is 1. The molecule has 23 heavy (non-hydrogen) atoms. The van der Waals surface area contributed by atoms with Crippen LogP contribution < -0.4 is 11.1 Å². The first-order chi connectivity index (χ1) is 11.1. The van der Waals surface area contributed by atoms with Crippen molar-refractivity contribution in [1.82, 2.24) is 20.2 Å². The van der Waals surface area contributed by atoms with E-state index in [-0.39, 0.29) is 12.5 Å². The summed E-state index contributed by atoms with van der Waals surface area (Å²) < 4.78 is 6.49. The first kappa shape index (κ1) is 15.9. The predicted octanol–water partition coefficient (Wildman–Crippen LogP) is 1.11. The molecule has 1 heterocycles. The summed E-state index contributed by atoms with van der Waals surface area (Å²) in [4.78, 5) is 12.0. The van der Waals surface area contributed by atoms with Crippen LogP contribution in [0.1, 0.15) is 24.6 Å². The molecule has 0 radical (unpaired) electrons. The van der Waals surface area contributed by atoms with Crippen molar-refractivity contribution in [2.45, 2.75) is 24.8 Å². The second-order valence-corrected chi connectivity index (χ2v) is 5.85. The Bertz CT molecular complexity index is 715. The van der Waals surface area contributed by atoms with Crippen molar-refractivity contribution in [2.75, 3.05) is 19.0 Å². The molecular weight excluding hydrogens is 320 g/mol. The number of hydrogen-bond donors (Lipinski definition) is 2. The average molecular weight is 337 g/mol. The minimum atomic E-state index is -0.741. The Morgan fingerprint density at radius 2 is 2.35 bits per heavy atom. The van der Waals surface area contributed by atoms with Gasteiger partial charge in [0, 0.05) is 18.7 Å². The van der Waals surface area contributed by atoms with Crippen LogP contribution >= 0.6 is 11.6 Å². The van der Waals surface area contributed by atoms with Crippen LogP contribution in [-0.2, 0) is 9.53 Å². The number of halogens is 1. The molecule has 1 unspecified atom stereocenters. The third-order valence-corrected chi connectivity index (χ3v) is 3.88. The van der Waals surface area contributed by atoms with Crippen molar-refractivity contribution in [2.24, 2.45) is 5.73 Å². The van der Waals surface area contributed by atoms with E-state index in [0.717, 1.165) is 18.7 Å². The highest BCUT2D eigenvalue weighted by atomic mass is 35.5. The summed E-state index contributed by atoms with van der Waals surface area (Å²) in [6.45, 7) is 0.144. The third-order valence-electron chi connectivity index (χ3n) is 3.56. The molecule has 1 saturated carbocycles. The number of aromatic nitrogens is 4. The lowest BCUT2D eigenvalue weighted by molar-refractivity contribution is -0.118. The lowest BCUT2D eigenvalue weighted by atomic mass is 10.2. The Kier molecular flexibility index (Phi) is 4.56. The second-order valence-electron chi connectivity index (χ2n) is 5.44. The van der Waals surface area contributed by atoms with Gasteiger partial charge in [-0.05, 0) is 41.5 Å². The van der Waals surface area contributed by atoms with Crippen molar-refractivity contribution >= 4 is 23.2 Å². The number of nitrogens with two attached hydrogens (primary N) is 1. The molecule has 1 atom stereocenters. The van der Waals surface area contributed by atoms with E-state index >= 15 is 0 Å². The Morgan fingerprint density at radius 1 is 1.57 bits per heavy atom. The average Bonchev–Trinajstić information content (AvgIpc) is 3.27. The van der Waals surface area contributed by atoms with E-state index in [9.17, 15) is 4.79 Å². The van der Waals surface area contributed by atoms with Crippen molar-refractivity contribution in [3.05, 3.63) is 29.0 Å². The van der Waals surface area contributed by atoms with Crippen LogP contribution in [0.15, 0.2) is 18.2 Å². The second kappa shape index (κ2) is 6.61. The van der Waals surface area contributed by atoms with Gasteiger partial charge in [-0.2, -0.15) is 4.68 Å². The van der Waals surface area contributed by atoms with E-state index in [1.54, 1.807) is 22.9 Å². The summed E-state index contributed by atoms with van der Waals surface area (Å²) in [6, 6.07) is 4.37. The molecule has 1 amide bonds. The zero-order valence-corrected chi connectivity index (χ0v) is 13.3. The van der Waals surface area contributed by atoms with E-state index in [1.807, 2.05) is 0 Å². The number of tetrazole rings is 1. The molecule has 8 nitrogen and oxygen atoms in total. The number of amides is 1. The molecule has 3 N–H and O–H groups in total. The van der Waals surface area contributed by atoms with Gasteiger partial charge >= 0.3 is 0 Å². The molecular formula is C14H17ClN6O2. The maximum atomic E-state index is 12.0. The fourth-order valence-electron chi connectivity index (χ4n) is 2.20. The minimum Gasteiger partial charge on any atom is -0.383 e. The number of rotatable bonds is 6. The predicted molar refractivity (Wildman–Crippen MR) is 84.6 cm³/mol. The first-order valence-corrected chi connectivity index (χ1v) is 7.61. The van der Waals surface area contributed by atoms with E-state index in [0.29, 0.717) is 22.3 Å². The zero-order chi connectivity index (χ0) is 16.4. The van der Waals surface area contributed by atoms with E-state index < -0.39 is 6.04 Å². The van der Waals surface area contributed by atoms with Crippen molar-refractivity contribution < 1.29 is 9.53 Å². The lowest BCUT2D eigenvalue weighted by Gasteiger charge is -2.13. The fourth-order valence-corrected chi connectivity index (χ4v) is 2.40. The maximum absolute atomic E-state index is 12.0. The quantitative estimate of drug-likeness (QED) is 0.818. The topological polar surface area (TPSA) is 108 Å². The Morgan fingerprint density at radius 3 is 3.04 bits per heavy atom. The number of hydrogen-bond acceptors (Lipinski definition) is 6. The van der Waals surface area contributed by atoms with Gasteiger partial charge in [-0.15, -0.1) is 5.10 Å². The summed E-state index contributed by atoms with van der Waals surface area (Å²) in [5.41, 5.74) is 6.90. The summed E-state index contributed by atoms with van der Waals surface area (Å²) in [5, 5.41) is 15.0. The smallest absolute Gasteiger partial charge is 0.243 e. The molecule has 1 fully saturated rings. The molecule has 2 aromatic rings. The molecule has 122 valence electrons. The Hall–Kier alpha value is -2.03. The number of carbonyl (C=O) groups is 1. The SMILES string of the molecule is COCC(N)C(=O)Nc1ccc(Cl)c(-n2nnnc2C2CC2)c1. The van der Waals surface area contributed by atoms with Crippen LogP contribution in [0.25, 0.3) is 5.69 Å². The van der Waals surface area contributed by atoms with Gasteiger partial charge in [0.05, 0.1) is 17.3 Å². The molecule has 1 aliphatic carbocycles. The molecule has 3 rings (SSSR count). The van der Waals surface area contributed by atoms with Gasteiger partial charge in [-0.1, -0.05) is 11.6 Å².